The fourth-order valence-electron chi connectivity index (χ4n) is 12.3. The highest BCUT2D eigenvalue weighted by molar-refractivity contribution is 6.06. The first kappa shape index (κ1) is 64.3. The number of nitrogens with zero attached hydrogens (tertiary/aromatic N) is 1. The van der Waals surface area contributed by atoms with Gasteiger partial charge < -0.3 is 61.6 Å². The highest BCUT2D eigenvalue weighted by Crippen LogP contribution is 2.41. The summed E-state index contributed by atoms with van der Waals surface area (Å²) in [6.45, 7) is 18.6. The molecule has 14 nitrogen and oxygen atoms in total. The lowest BCUT2D eigenvalue weighted by Gasteiger charge is -2.25. The van der Waals surface area contributed by atoms with Crippen LogP contribution in [0, 0.1) is 0 Å². The van der Waals surface area contributed by atoms with Crippen molar-refractivity contribution >= 4 is 21.5 Å². The SMILES string of the molecule is CC(C)Oc1c2cccc1Cc1cccc3c1OCCOCCOc1cc(Cc4c5ccccc5c(CN5CCOCCOCCOCCOCCOCC5)c5ccccc45)ccc1OCCOCCOc1c(cccc1Cc1cccc(c1OC(C)C)C3)C2. The van der Waals surface area contributed by atoms with Crippen LogP contribution in [0.1, 0.15) is 88.9 Å². The fourth-order valence-corrected chi connectivity index (χ4v) is 12.3. The maximum atomic E-state index is 6.92. The van der Waals surface area contributed by atoms with E-state index in [-0.39, 0.29) is 12.2 Å². The van der Waals surface area contributed by atoms with Gasteiger partial charge in [-0.3, -0.25) is 4.90 Å². The van der Waals surface area contributed by atoms with Crippen molar-refractivity contribution in [3.63, 3.8) is 0 Å². The molecular formula is C76H89NO13. The first-order chi connectivity index (χ1) is 44.3. The van der Waals surface area contributed by atoms with E-state index in [1.165, 1.54) is 32.7 Å². The summed E-state index contributed by atoms with van der Waals surface area (Å²) >= 11 is 0. The van der Waals surface area contributed by atoms with E-state index in [2.05, 4.69) is 166 Å². The van der Waals surface area contributed by atoms with E-state index in [0.29, 0.717) is 163 Å². The zero-order valence-electron chi connectivity index (χ0n) is 53.1. The molecule has 0 atom stereocenters. The van der Waals surface area contributed by atoms with Gasteiger partial charge >= 0.3 is 0 Å². The molecule has 0 N–H and O–H groups in total. The molecule has 8 aromatic rings. The van der Waals surface area contributed by atoms with Crippen molar-refractivity contribution in [3.05, 3.63) is 201 Å². The number of hydrogen-bond donors (Lipinski definition) is 0. The van der Waals surface area contributed by atoms with Crippen LogP contribution in [0.2, 0.25) is 0 Å². The average Bonchev–Trinajstić information content (AvgIpc) is 0.880. The van der Waals surface area contributed by atoms with Crippen molar-refractivity contribution in [2.75, 3.05) is 132 Å². The van der Waals surface area contributed by atoms with Gasteiger partial charge in [0.05, 0.1) is 105 Å². The zero-order valence-corrected chi connectivity index (χ0v) is 53.1. The summed E-state index contributed by atoms with van der Waals surface area (Å²) in [5.41, 5.74) is 12.2. The second-order valence-corrected chi connectivity index (χ2v) is 23.6. The Hall–Kier alpha value is -7.24. The van der Waals surface area contributed by atoms with Crippen LogP contribution >= 0.6 is 0 Å². The van der Waals surface area contributed by atoms with Gasteiger partial charge in [0, 0.05) is 45.3 Å². The van der Waals surface area contributed by atoms with Crippen molar-refractivity contribution in [3.8, 4) is 34.5 Å². The summed E-state index contributed by atoms with van der Waals surface area (Å²) in [7, 11) is 0. The molecule has 0 radical (unpaired) electrons. The maximum Gasteiger partial charge on any atom is 0.161 e. The van der Waals surface area contributed by atoms with Crippen LogP contribution in [0.4, 0.5) is 0 Å². The Morgan fingerprint density at radius 2 is 0.667 bits per heavy atom. The number of para-hydroxylation sites is 4. The monoisotopic (exact) mass is 1220 g/mol. The molecule has 14 heteroatoms. The Bertz CT molecular complexity index is 3410. The molecule has 0 amide bonds. The Kier molecular flexibility index (Phi) is 23.7. The molecule has 90 heavy (non-hydrogen) atoms. The number of rotatable bonds is 8. The third kappa shape index (κ3) is 17.4. The summed E-state index contributed by atoms with van der Waals surface area (Å²) in [6.07, 6.45) is 2.98. The minimum atomic E-state index is -0.0457. The van der Waals surface area contributed by atoms with Crippen LogP contribution in [0.5, 0.6) is 34.5 Å². The molecule has 0 unspecified atom stereocenters. The topological polar surface area (TPSA) is 123 Å². The number of ether oxygens (including phenoxy) is 13. The Labute approximate surface area is 531 Å². The highest BCUT2D eigenvalue weighted by Gasteiger charge is 2.24. The minimum absolute atomic E-state index is 0.0457. The summed E-state index contributed by atoms with van der Waals surface area (Å²) in [4.78, 5) is 2.44. The molecule has 10 bridgehead atoms. The van der Waals surface area contributed by atoms with E-state index in [4.69, 9.17) is 61.6 Å². The molecular weight excluding hydrogens is 1130 g/mol. The minimum Gasteiger partial charge on any atom is -0.491 e. The van der Waals surface area contributed by atoms with Crippen molar-refractivity contribution < 1.29 is 61.6 Å². The molecule has 12 rings (SSSR count). The smallest absolute Gasteiger partial charge is 0.161 e. The van der Waals surface area contributed by atoms with E-state index in [1.807, 2.05) is 6.07 Å². The molecule has 0 saturated carbocycles. The van der Waals surface area contributed by atoms with Gasteiger partial charge in [-0.25, -0.2) is 0 Å². The van der Waals surface area contributed by atoms with Gasteiger partial charge in [0.25, 0.3) is 0 Å². The highest BCUT2D eigenvalue weighted by atomic mass is 16.6. The molecule has 4 aliphatic rings. The molecule has 8 aromatic carbocycles. The molecule has 0 spiro atoms. The van der Waals surface area contributed by atoms with Gasteiger partial charge in [-0.2, -0.15) is 0 Å². The van der Waals surface area contributed by atoms with Crippen LogP contribution in [0.25, 0.3) is 21.5 Å². The van der Waals surface area contributed by atoms with Crippen molar-refractivity contribution in [2.24, 2.45) is 0 Å². The second kappa shape index (κ2) is 33.2. The maximum absolute atomic E-state index is 6.92. The summed E-state index contributed by atoms with van der Waals surface area (Å²) in [5.74, 6) is 4.74. The molecule has 1 aliphatic carbocycles. The molecule has 1 fully saturated rings. The second-order valence-electron chi connectivity index (χ2n) is 23.6. The van der Waals surface area contributed by atoms with Crippen molar-refractivity contribution in [1.29, 1.82) is 0 Å². The van der Waals surface area contributed by atoms with E-state index >= 15 is 0 Å². The van der Waals surface area contributed by atoms with Gasteiger partial charge in [-0.1, -0.05) is 127 Å². The molecule has 476 valence electrons. The van der Waals surface area contributed by atoms with E-state index < -0.39 is 0 Å². The molecule has 3 heterocycles. The van der Waals surface area contributed by atoms with Crippen LogP contribution in [0.15, 0.2) is 140 Å². The van der Waals surface area contributed by atoms with Gasteiger partial charge in [0.15, 0.2) is 11.5 Å². The molecule has 1 saturated heterocycles. The van der Waals surface area contributed by atoms with Crippen LogP contribution < -0.4 is 28.4 Å². The van der Waals surface area contributed by atoms with E-state index in [1.54, 1.807) is 0 Å². The Balaban J connectivity index is 0.863. The lowest BCUT2D eigenvalue weighted by molar-refractivity contribution is -0.0189. The van der Waals surface area contributed by atoms with Crippen LogP contribution in [-0.2, 0) is 71.8 Å². The normalized spacial score (nSPS) is 17.0. The number of hydrogen-bond acceptors (Lipinski definition) is 14. The van der Waals surface area contributed by atoms with Crippen molar-refractivity contribution in [2.45, 2.75) is 78.6 Å². The van der Waals surface area contributed by atoms with E-state index in [0.717, 1.165) is 92.7 Å². The van der Waals surface area contributed by atoms with Crippen LogP contribution in [-0.4, -0.2) is 149 Å². The van der Waals surface area contributed by atoms with Crippen LogP contribution in [0.3, 0.4) is 0 Å². The predicted octanol–water partition coefficient (Wildman–Crippen LogP) is 13.0. The summed E-state index contributed by atoms with van der Waals surface area (Å²) < 4.78 is 82.5. The van der Waals surface area contributed by atoms with Gasteiger partial charge in [0.1, 0.15) is 49.4 Å². The predicted molar refractivity (Wildman–Crippen MR) is 352 cm³/mol. The number of fused-ring (bicyclic) bond motifs is 14. The zero-order chi connectivity index (χ0) is 61.7. The third-order valence-electron chi connectivity index (χ3n) is 16.4. The first-order valence-electron chi connectivity index (χ1n) is 32.4. The van der Waals surface area contributed by atoms with Gasteiger partial charge in [-0.15, -0.1) is 0 Å². The summed E-state index contributed by atoms with van der Waals surface area (Å²) in [6, 6.07) is 49.9. The van der Waals surface area contributed by atoms with Gasteiger partial charge in [-0.05, 0) is 129 Å². The Morgan fingerprint density at radius 1 is 0.333 bits per heavy atom. The number of benzene rings is 8. The largest absolute Gasteiger partial charge is 0.491 e. The quantitative estimate of drug-likeness (QED) is 0.106. The van der Waals surface area contributed by atoms with E-state index in [9.17, 15) is 0 Å². The third-order valence-corrected chi connectivity index (χ3v) is 16.4. The molecule has 0 aromatic heterocycles. The first-order valence-corrected chi connectivity index (χ1v) is 32.4. The molecule has 3 aliphatic heterocycles. The fraction of sp³-hybridized carbons (Fsp3) is 0.421. The lowest BCUT2D eigenvalue weighted by Crippen LogP contribution is -2.31. The van der Waals surface area contributed by atoms with Crippen molar-refractivity contribution in [1.82, 2.24) is 4.90 Å². The summed E-state index contributed by atoms with van der Waals surface area (Å²) in [5, 5.41) is 4.87. The van der Waals surface area contributed by atoms with Gasteiger partial charge in [0.2, 0.25) is 0 Å². The lowest BCUT2D eigenvalue weighted by atomic mass is 9.88. The average molecular weight is 1220 g/mol. The standard InChI is InChI=1S/C76H89NO13/c1-54(2)89-75-61-17-11-19-63(75)51-59-15-10-16-60-52-64-20-12-18-62(76(64)90-55(3)4)50-58-14-9-13-57(49-61)73(58)87-45-41-83-39-43-85-71-26-25-56(48-72(71)86-44-40-84-42-46-88-74(59)60)47-69-65-21-5-7-23-67(65)70(68-24-8-6-22-66(68)69)53-77-27-29-78-31-33-80-35-37-82-38-36-81-34-32-79-30-28-77/h5-26,48,54-55H,27-47,49-53H2,1-4H3. The Morgan fingerprint density at radius 3 is 1.06 bits per heavy atom.